The Balaban J connectivity index is 0.00000306. The highest BCUT2D eigenvalue weighted by Gasteiger charge is 2.16. The van der Waals surface area contributed by atoms with Crippen molar-refractivity contribution in [3.8, 4) is 0 Å². The second-order valence-corrected chi connectivity index (χ2v) is 10.0. The van der Waals surface area contributed by atoms with Crippen LogP contribution in [0, 0.1) is 17.0 Å². The third-order valence-corrected chi connectivity index (χ3v) is 7.86. The van der Waals surface area contributed by atoms with Crippen LogP contribution in [0.2, 0.25) is 0 Å². The maximum Gasteiger partial charge on any atom is 0.368 e. The highest BCUT2D eigenvalue weighted by atomic mass is 35.5. The number of imidazole rings is 1. The zero-order valence-corrected chi connectivity index (χ0v) is 20.9. The van der Waals surface area contributed by atoms with E-state index in [1.807, 2.05) is 36.2 Å². The van der Waals surface area contributed by atoms with Gasteiger partial charge in [-0.05, 0) is 53.8 Å². The summed E-state index contributed by atoms with van der Waals surface area (Å²) in [5.74, 6) is 2.56. The van der Waals surface area contributed by atoms with E-state index in [0.29, 0.717) is 5.65 Å². The minimum absolute atomic E-state index is 0. The van der Waals surface area contributed by atoms with Gasteiger partial charge in [-0.15, -0.1) is 47.7 Å². The molecule has 0 unspecified atom stereocenters. The average Bonchev–Trinajstić information content (AvgIpc) is 3.23. The van der Waals surface area contributed by atoms with Gasteiger partial charge in [-0.25, -0.2) is 4.98 Å². The van der Waals surface area contributed by atoms with E-state index in [2.05, 4.69) is 33.0 Å². The van der Waals surface area contributed by atoms with Crippen LogP contribution in [0.1, 0.15) is 17.7 Å². The predicted octanol–water partition coefficient (Wildman–Crippen LogP) is 5.72. The van der Waals surface area contributed by atoms with Gasteiger partial charge in [-0.2, -0.15) is 0 Å². The molecule has 0 N–H and O–H groups in total. The van der Waals surface area contributed by atoms with E-state index < -0.39 is 4.92 Å². The van der Waals surface area contributed by atoms with E-state index in [9.17, 15) is 10.1 Å². The van der Waals surface area contributed by atoms with Crippen molar-refractivity contribution in [2.45, 2.75) is 33.9 Å². The fourth-order valence-electron chi connectivity index (χ4n) is 2.91. The van der Waals surface area contributed by atoms with Crippen LogP contribution in [0.15, 0.2) is 69.9 Å². The topological polar surface area (TPSA) is 99.1 Å². The van der Waals surface area contributed by atoms with Gasteiger partial charge in [0.15, 0.2) is 0 Å². The van der Waals surface area contributed by atoms with Crippen LogP contribution in [0.5, 0.6) is 0 Å². The second-order valence-electron chi connectivity index (χ2n) is 6.72. The van der Waals surface area contributed by atoms with E-state index in [1.54, 1.807) is 42.0 Å². The summed E-state index contributed by atoms with van der Waals surface area (Å²) in [5.41, 5.74) is 2.81. The van der Waals surface area contributed by atoms with Gasteiger partial charge in [0.25, 0.3) is 0 Å². The van der Waals surface area contributed by atoms with Gasteiger partial charge in [0, 0.05) is 46.0 Å². The molecule has 0 aliphatic rings. The third-order valence-electron chi connectivity index (χ3n) is 4.59. The van der Waals surface area contributed by atoms with E-state index >= 15 is 0 Å². The molecule has 12 heteroatoms. The Morgan fingerprint density at radius 3 is 2.58 bits per heavy atom. The van der Waals surface area contributed by atoms with Crippen molar-refractivity contribution >= 4 is 59.2 Å². The molecule has 0 fully saturated rings. The number of halogens is 1. The molecular formula is C21H21ClN6O2S3. The number of nitrogens with zero attached hydrogens (tertiary/aromatic N) is 6. The molecule has 0 saturated heterocycles. The summed E-state index contributed by atoms with van der Waals surface area (Å²) in [5, 5.41) is 16.2. The smallest absolute Gasteiger partial charge is 0.358 e. The standard InChI is InChI=1S/C21H20N6O2S3.ClH/c1-15-17(14-32-16-5-8-22-9-6-16)23-10-7-18(15)30-11-2-12-31-20-4-3-19-24-13-21(27(28)29)26(19)25-20;/h3-10,13H,2,11-12,14H2,1H3;1H. The molecule has 33 heavy (non-hydrogen) atoms. The van der Waals surface area contributed by atoms with Gasteiger partial charge < -0.3 is 10.1 Å². The van der Waals surface area contributed by atoms with Crippen molar-refractivity contribution in [2.24, 2.45) is 0 Å². The molecule has 0 amide bonds. The molecule has 4 heterocycles. The fraction of sp³-hybridized carbons (Fsp3) is 0.238. The van der Waals surface area contributed by atoms with Crippen molar-refractivity contribution in [3.63, 3.8) is 0 Å². The number of nitro groups is 1. The van der Waals surface area contributed by atoms with Crippen molar-refractivity contribution < 1.29 is 4.92 Å². The highest BCUT2D eigenvalue weighted by molar-refractivity contribution is 8.00. The van der Waals surface area contributed by atoms with E-state index in [1.165, 1.54) is 26.1 Å². The quantitative estimate of drug-likeness (QED) is 0.112. The van der Waals surface area contributed by atoms with Crippen LogP contribution < -0.4 is 0 Å². The Kier molecular flexibility index (Phi) is 9.36. The molecule has 8 nitrogen and oxygen atoms in total. The van der Waals surface area contributed by atoms with E-state index in [0.717, 1.165) is 34.4 Å². The van der Waals surface area contributed by atoms with Crippen LogP contribution >= 0.6 is 47.7 Å². The summed E-state index contributed by atoms with van der Waals surface area (Å²) in [6.45, 7) is 2.13. The first-order valence-corrected chi connectivity index (χ1v) is 12.8. The minimum Gasteiger partial charge on any atom is -0.358 e. The van der Waals surface area contributed by atoms with Crippen molar-refractivity contribution in [3.05, 3.63) is 76.5 Å². The molecule has 172 valence electrons. The second kappa shape index (κ2) is 12.2. The van der Waals surface area contributed by atoms with Gasteiger partial charge in [-0.1, -0.05) is 9.61 Å². The largest absolute Gasteiger partial charge is 0.368 e. The molecule has 0 aliphatic carbocycles. The first-order chi connectivity index (χ1) is 15.6. The van der Waals surface area contributed by atoms with E-state index in [4.69, 9.17) is 0 Å². The molecule has 4 aromatic rings. The lowest BCUT2D eigenvalue weighted by molar-refractivity contribution is -0.391. The van der Waals surface area contributed by atoms with E-state index in [-0.39, 0.29) is 18.2 Å². The van der Waals surface area contributed by atoms with Gasteiger partial charge in [0.2, 0.25) is 5.65 Å². The molecule has 4 aromatic heterocycles. The van der Waals surface area contributed by atoms with Crippen molar-refractivity contribution in [1.82, 2.24) is 24.6 Å². The monoisotopic (exact) mass is 520 g/mol. The molecule has 0 atom stereocenters. The zero-order valence-electron chi connectivity index (χ0n) is 17.7. The predicted molar refractivity (Wildman–Crippen MR) is 136 cm³/mol. The van der Waals surface area contributed by atoms with Crippen LogP contribution in [0.25, 0.3) is 5.65 Å². The number of hydrogen-bond donors (Lipinski definition) is 0. The molecule has 0 aliphatic heterocycles. The maximum absolute atomic E-state index is 11.1. The van der Waals surface area contributed by atoms with Gasteiger partial charge >= 0.3 is 5.82 Å². The van der Waals surface area contributed by atoms with Gasteiger partial charge in [0.1, 0.15) is 11.2 Å². The number of hydrogen-bond acceptors (Lipinski definition) is 9. The summed E-state index contributed by atoms with van der Waals surface area (Å²) in [7, 11) is 0. The lowest BCUT2D eigenvalue weighted by Crippen LogP contribution is -1.99. The first kappa shape index (κ1) is 25.3. The fourth-order valence-corrected chi connectivity index (χ4v) is 5.80. The van der Waals surface area contributed by atoms with Crippen LogP contribution in [-0.4, -0.2) is 41.0 Å². The molecule has 0 aromatic carbocycles. The Morgan fingerprint density at radius 1 is 1.00 bits per heavy atom. The maximum atomic E-state index is 11.1. The van der Waals surface area contributed by atoms with Crippen molar-refractivity contribution in [2.75, 3.05) is 11.5 Å². The van der Waals surface area contributed by atoms with Gasteiger partial charge in [0.05, 0.1) is 5.69 Å². The Labute approximate surface area is 210 Å². The molecule has 0 bridgehead atoms. The third kappa shape index (κ3) is 6.59. The molecule has 0 radical (unpaired) electrons. The highest BCUT2D eigenvalue weighted by Crippen LogP contribution is 2.29. The first-order valence-electron chi connectivity index (χ1n) is 9.84. The summed E-state index contributed by atoms with van der Waals surface area (Å²) >= 11 is 5.18. The summed E-state index contributed by atoms with van der Waals surface area (Å²) in [4.78, 5) is 25.7. The Morgan fingerprint density at radius 2 is 1.79 bits per heavy atom. The zero-order chi connectivity index (χ0) is 22.3. The molecule has 0 saturated carbocycles. The lowest BCUT2D eigenvalue weighted by Gasteiger charge is -2.10. The summed E-state index contributed by atoms with van der Waals surface area (Å²) < 4.78 is 1.28. The number of pyridine rings is 2. The molecule has 0 spiro atoms. The summed E-state index contributed by atoms with van der Waals surface area (Å²) in [6.07, 6.45) is 7.70. The Hall–Kier alpha value is -2.34. The molecule has 4 rings (SSSR count). The van der Waals surface area contributed by atoms with Crippen LogP contribution in [0.3, 0.4) is 0 Å². The number of rotatable bonds is 10. The van der Waals surface area contributed by atoms with Crippen molar-refractivity contribution in [1.29, 1.82) is 0 Å². The normalized spacial score (nSPS) is 10.8. The number of fused-ring (bicyclic) bond motifs is 1. The SMILES string of the molecule is Cc1c(SCCCSc2ccc3ncc([N+](=O)[O-])n3n2)ccnc1CSc1ccncc1.Cl. The lowest BCUT2D eigenvalue weighted by atomic mass is 10.2. The van der Waals surface area contributed by atoms with Gasteiger partial charge in [-0.3, -0.25) is 9.97 Å². The minimum atomic E-state index is -0.473. The summed E-state index contributed by atoms with van der Waals surface area (Å²) in [6, 6.07) is 9.69. The number of thioether (sulfide) groups is 3. The Bertz CT molecular complexity index is 1230. The molecular weight excluding hydrogens is 500 g/mol. The van der Waals surface area contributed by atoms with Crippen LogP contribution in [-0.2, 0) is 5.75 Å². The number of aromatic nitrogens is 5. The van der Waals surface area contributed by atoms with Crippen LogP contribution in [0.4, 0.5) is 5.82 Å². The average molecular weight is 521 g/mol.